The van der Waals surface area contributed by atoms with Crippen LogP contribution >= 0.6 is 0 Å². The second kappa shape index (κ2) is 9.29. The molecule has 2 aromatic carbocycles. The fraction of sp³-hybridized carbons (Fsp3) is 0.273. The summed E-state index contributed by atoms with van der Waals surface area (Å²) in [6, 6.07) is 8.53. The van der Waals surface area contributed by atoms with Crippen molar-refractivity contribution in [1.29, 1.82) is 0 Å². The van der Waals surface area contributed by atoms with Gasteiger partial charge in [-0.2, -0.15) is 0 Å². The summed E-state index contributed by atoms with van der Waals surface area (Å²) in [5.41, 5.74) is 1.75. The molecule has 4 N–H and O–H groups in total. The van der Waals surface area contributed by atoms with Crippen molar-refractivity contribution in [3.63, 3.8) is 0 Å². The zero-order chi connectivity index (χ0) is 22.5. The maximum absolute atomic E-state index is 13.2. The molecule has 0 bridgehead atoms. The van der Waals surface area contributed by atoms with E-state index in [1.54, 1.807) is 44.2 Å². The quantitative estimate of drug-likeness (QED) is 0.539. The van der Waals surface area contributed by atoms with Crippen molar-refractivity contribution < 1.29 is 28.9 Å². The van der Waals surface area contributed by atoms with Gasteiger partial charge < -0.3 is 35.3 Å². The molecule has 164 valence electrons. The molecule has 1 atom stereocenters. The van der Waals surface area contributed by atoms with Crippen LogP contribution in [0.5, 0.6) is 23.0 Å². The highest BCUT2D eigenvalue weighted by molar-refractivity contribution is 6.07. The summed E-state index contributed by atoms with van der Waals surface area (Å²) < 4.78 is 16.0. The van der Waals surface area contributed by atoms with Crippen LogP contribution in [0.3, 0.4) is 0 Å². The van der Waals surface area contributed by atoms with E-state index in [4.69, 9.17) is 14.2 Å². The molecule has 1 unspecified atom stereocenters. The number of aromatic hydroxyl groups is 1. The number of allylic oxidation sites excluding steroid dienone is 1. The third kappa shape index (κ3) is 4.66. The number of urea groups is 1. The lowest BCUT2D eigenvalue weighted by Crippen LogP contribution is -2.46. The number of ether oxygens (including phenoxy) is 3. The molecule has 1 heterocycles. The lowest BCUT2D eigenvalue weighted by atomic mass is 9.94. The van der Waals surface area contributed by atoms with E-state index >= 15 is 0 Å². The van der Waals surface area contributed by atoms with E-state index in [0.717, 1.165) is 0 Å². The van der Waals surface area contributed by atoms with Crippen molar-refractivity contribution in [2.24, 2.45) is 0 Å². The van der Waals surface area contributed by atoms with Gasteiger partial charge >= 0.3 is 6.03 Å². The third-order valence-electron chi connectivity index (χ3n) is 4.79. The van der Waals surface area contributed by atoms with Gasteiger partial charge in [0, 0.05) is 11.8 Å². The largest absolute Gasteiger partial charge is 0.504 e. The van der Waals surface area contributed by atoms with Crippen LogP contribution in [0.1, 0.15) is 25.5 Å². The minimum absolute atomic E-state index is 0.0273. The number of benzene rings is 2. The molecule has 2 aromatic rings. The number of carbonyl (C=O) groups excluding carboxylic acids is 2. The minimum Gasteiger partial charge on any atom is -0.504 e. The lowest BCUT2D eigenvalue weighted by Gasteiger charge is -2.29. The highest BCUT2D eigenvalue weighted by Gasteiger charge is 2.32. The Balaban J connectivity index is 1.97. The first-order valence-corrected chi connectivity index (χ1v) is 9.65. The summed E-state index contributed by atoms with van der Waals surface area (Å²) in [5.74, 6) is 0.827. The average molecular weight is 427 g/mol. The molecule has 0 spiro atoms. The maximum atomic E-state index is 13.2. The Bertz CT molecular complexity index is 1030. The molecule has 0 fully saturated rings. The molecule has 9 heteroatoms. The minimum atomic E-state index is -0.752. The number of carbonyl (C=O) groups is 2. The first-order valence-electron chi connectivity index (χ1n) is 9.65. The number of nitrogens with one attached hydrogen (secondary N) is 3. The molecule has 9 nitrogen and oxygen atoms in total. The third-order valence-corrected chi connectivity index (χ3v) is 4.79. The van der Waals surface area contributed by atoms with Gasteiger partial charge in [0.15, 0.2) is 11.5 Å². The van der Waals surface area contributed by atoms with Crippen LogP contribution in [0.25, 0.3) is 0 Å². The fourth-order valence-electron chi connectivity index (χ4n) is 3.32. The molecule has 0 aliphatic carbocycles. The summed E-state index contributed by atoms with van der Waals surface area (Å²) in [4.78, 5) is 25.4. The molecule has 0 aromatic heterocycles. The van der Waals surface area contributed by atoms with Gasteiger partial charge in [-0.1, -0.05) is 6.07 Å². The van der Waals surface area contributed by atoms with E-state index in [1.165, 1.54) is 20.3 Å². The number of amides is 3. The van der Waals surface area contributed by atoms with Crippen molar-refractivity contribution in [3.05, 3.63) is 53.2 Å². The molecule has 3 amide bonds. The predicted octanol–water partition coefficient (Wildman–Crippen LogP) is 3.07. The lowest BCUT2D eigenvalue weighted by molar-refractivity contribution is -0.113. The number of rotatable bonds is 7. The van der Waals surface area contributed by atoms with E-state index in [-0.39, 0.29) is 11.5 Å². The van der Waals surface area contributed by atoms with Crippen molar-refractivity contribution in [2.75, 3.05) is 26.1 Å². The Morgan fingerprint density at radius 2 is 1.90 bits per heavy atom. The predicted molar refractivity (Wildman–Crippen MR) is 115 cm³/mol. The molecule has 1 aliphatic heterocycles. The van der Waals surface area contributed by atoms with Gasteiger partial charge in [0.1, 0.15) is 11.5 Å². The normalized spacial score (nSPS) is 15.6. The Kier molecular flexibility index (Phi) is 6.54. The number of phenolic OH excluding ortho intramolecular Hbond substituents is 1. The van der Waals surface area contributed by atoms with Crippen molar-refractivity contribution in [3.8, 4) is 23.0 Å². The van der Waals surface area contributed by atoms with E-state index in [0.29, 0.717) is 40.6 Å². The first kappa shape index (κ1) is 21.8. The van der Waals surface area contributed by atoms with Crippen LogP contribution in [0.15, 0.2) is 47.7 Å². The Hall–Kier alpha value is -3.88. The average Bonchev–Trinajstić information content (AvgIpc) is 2.75. The fourth-order valence-corrected chi connectivity index (χ4v) is 3.32. The molecule has 0 radical (unpaired) electrons. The topological polar surface area (TPSA) is 118 Å². The smallest absolute Gasteiger partial charge is 0.319 e. The molecular formula is C22H25N3O6. The van der Waals surface area contributed by atoms with E-state index in [9.17, 15) is 14.7 Å². The molecule has 0 saturated carbocycles. The summed E-state index contributed by atoms with van der Waals surface area (Å²) in [5, 5.41) is 18.2. The van der Waals surface area contributed by atoms with Crippen LogP contribution in [0.2, 0.25) is 0 Å². The molecule has 0 saturated heterocycles. The van der Waals surface area contributed by atoms with Gasteiger partial charge in [-0.3, -0.25) is 4.79 Å². The molecule has 31 heavy (non-hydrogen) atoms. The van der Waals surface area contributed by atoms with E-state index in [2.05, 4.69) is 16.0 Å². The second-order valence-corrected chi connectivity index (χ2v) is 6.75. The Labute approximate surface area is 180 Å². The van der Waals surface area contributed by atoms with Gasteiger partial charge in [-0.15, -0.1) is 0 Å². The summed E-state index contributed by atoms with van der Waals surface area (Å²) in [6.07, 6.45) is 0. The number of methoxy groups -OCH3 is 2. The van der Waals surface area contributed by atoms with Gasteiger partial charge in [0.2, 0.25) is 0 Å². The van der Waals surface area contributed by atoms with Crippen molar-refractivity contribution in [2.45, 2.75) is 19.9 Å². The zero-order valence-electron chi connectivity index (χ0n) is 17.7. The summed E-state index contributed by atoms with van der Waals surface area (Å²) in [7, 11) is 3.03. The monoisotopic (exact) mass is 427 g/mol. The summed E-state index contributed by atoms with van der Waals surface area (Å²) >= 11 is 0. The molecule has 3 rings (SSSR count). The van der Waals surface area contributed by atoms with Crippen LogP contribution in [0.4, 0.5) is 10.5 Å². The maximum Gasteiger partial charge on any atom is 0.319 e. The number of hydrogen-bond donors (Lipinski definition) is 4. The second-order valence-electron chi connectivity index (χ2n) is 6.75. The van der Waals surface area contributed by atoms with Crippen molar-refractivity contribution in [1.82, 2.24) is 10.6 Å². The number of hydrogen-bond acceptors (Lipinski definition) is 6. The van der Waals surface area contributed by atoms with Gasteiger partial charge in [0.05, 0.1) is 38.1 Å². The number of anilines is 1. The highest BCUT2D eigenvalue weighted by Crippen LogP contribution is 2.35. The molecular weight excluding hydrogens is 402 g/mol. The van der Waals surface area contributed by atoms with Crippen LogP contribution < -0.4 is 30.2 Å². The van der Waals surface area contributed by atoms with Gasteiger partial charge in [-0.05, 0) is 43.7 Å². The first-order chi connectivity index (χ1) is 14.9. The number of phenols is 1. The van der Waals surface area contributed by atoms with E-state index in [1.807, 2.05) is 0 Å². The van der Waals surface area contributed by atoms with Crippen LogP contribution in [-0.2, 0) is 4.79 Å². The zero-order valence-corrected chi connectivity index (χ0v) is 17.7. The van der Waals surface area contributed by atoms with Gasteiger partial charge in [-0.25, -0.2) is 4.79 Å². The van der Waals surface area contributed by atoms with Gasteiger partial charge in [0.25, 0.3) is 5.91 Å². The Morgan fingerprint density at radius 1 is 1.13 bits per heavy atom. The van der Waals surface area contributed by atoms with Crippen LogP contribution in [0, 0.1) is 0 Å². The summed E-state index contributed by atoms with van der Waals surface area (Å²) in [6.45, 7) is 3.80. The van der Waals surface area contributed by atoms with E-state index < -0.39 is 18.0 Å². The van der Waals surface area contributed by atoms with Crippen molar-refractivity contribution >= 4 is 17.6 Å². The Morgan fingerprint density at radius 3 is 2.58 bits per heavy atom. The highest BCUT2D eigenvalue weighted by atomic mass is 16.5. The SMILES string of the molecule is CCOc1cc(C2NC(=O)NC(C)=C2C(=O)Nc2ccc(OC)cc2OC)ccc1O. The van der Waals surface area contributed by atoms with Crippen LogP contribution in [-0.4, -0.2) is 37.9 Å². The molecule has 1 aliphatic rings. The standard InChI is InChI=1S/C22H25N3O6/c1-5-31-18-10-13(6-9-16(18)26)20-19(12(2)23-22(28)25-20)21(27)24-15-8-7-14(29-3)11-17(15)30-4/h6-11,20,26H,5H2,1-4H3,(H,24,27)(H2,23,25,28).